The quantitative estimate of drug-likeness (QED) is 0.444. The normalized spacial score (nSPS) is 27.9. The first-order chi connectivity index (χ1) is 7.79. The number of hydrogen-bond acceptors (Lipinski definition) is 1. The van der Waals surface area contributed by atoms with Gasteiger partial charge in [-0.15, -0.1) is 0 Å². The molecule has 0 N–H and O–H groups in total. The van der Waals surface area contributed by atoms with E-state index in [-0.39, 0.29) is 0 Å². The lowest BCUT2D eigenvalue weighted by molar-refractivity contribution is 0.254. The Morgan fingerprint density at radius 3 is 2.44 bits per heavy atom. The van der Waals surface area contributed by atoms with Gasteiger partial charge in [-0.1, -0.05) is 59.3 Å². The van der Waals surface area contributed by atoms with Crippen LogP contribution in [-0.2, 0) is 4.43 Å². The second kappa shape index (κ2) is 7.49. The fourth-order valence-electron chi connectivity index (χ4n) is 3.24. The molecule has 1 nitrogen and oxygen atoms in total. The van der Waals surface area contributed by atoms with Crippen molar-refractivity contribution in [1.29, 1.82) is 0 Å². The van der Waals surface area contributed by atoms with Crippen LogP contribution >= 0.6 is 0 Å². The van der Waals surface area contributed by atoms with Crippen molar-refractivity contribution in [2.75, 3.05) is 6.61 Å². The summed E-state index contributed by atoms with van der Waals surface area (Å²) in [5.41, 5.74) is 0.935. The molecule has 2 unspecified atom stereocenters. The average molecular weight is 242 g/mol. The Balaban J connectivity index is 2.51. The maximum Gasteiger partial charge on any atom is 0.195 e. The fourth-order valence-corrected chi connectivity index (χ4v) is 8.04. The first kappa shape index (κ1) is 14.2. The zero-order chi connectivity index (χ0) is 11.9. The molecule has 0 aliphatic carbocycles. The van der Waals surface area contributed by atoms with Crippen molar-refractivity contribution in [2.45, 2.75) is 83.3 Å². The molecule has 1 heterocycles. The van der Waals surface area contributed by atoms with Gasteiger partial charge in [0.05, 0.1) is 0 Å². The van der Waals surface area contributed by atoms with Gasteiger partial charge in [-0.05, 0) is 24.1 Å². The third kappa shape index (κ3) is 3.59. The third-order valence-electron chi connectivity index (χ3n) is 4.38. The van der Waals surface area contributed by atoms with Crippen LogP contribution in [0.4, 0.5) is 0 Å². The monoisotopic (exact) mass is 242 g/mol. The number of hydrogen-bond donors (Lipinski definition) is 0. The topological polar surface area (TPSA) is 9.23 Å². The summed E-state index contributed by atoms with van der Waals surface area (Å²) in [4.78, 5) is 0. The highest BCUT2D eigenvalue weighted by atomic mass is 28.4. The Bertz CT molecular complexity index is 176. The number of rotatable bonds is 7. The van der Waals surface area contributed by atoms with E-state index in [1.165, 1.54) is 57.0 Å². The van der Waals surface area contributed by atoms with Gasteiger partial charge in [0.2, 0.25) is 0 Å². The van der Waals surface area contributed by atoms with Crippen LogP contribution in [0.5, 0.6) is 0 Å². The van der Waals surface area contributed by atoms with E-state index in [9.17, 15) is 0 Å². The van der Waals surface area contributed by atoms with Crippen LogP contribution < -0.4 is 0 Å². The summed E-state index contributed by atoms with van der Waals surface area (Å²) in [6.07, 6.45) is 9.70. The second-order valence-corrected chi connectivity index (χ2v) is 9.77. The molecule has 0 saturated carbocycles. The van der Waals surface area contributed by atoms with Crippen LogP contribution in [0.15, 0.2) is 0 Å². The summed E-state index contributed by atoms with van der Waals surface area (Å²) in [7, 11) is -1.34. The molecule has 0 bridgehead atoms. The summed E-state index contributed by atoms with van der Waals surface area (Å²) in [6, 6.07) is 2.78. The van der Waals surface area contributed by atoms with Gasteiger partial charge in [-0.2, -0.15) is 0 Å². The van der Waals surface area contributed by atoms with Crippen molar-refractivity contribution >= 4 is 8.32 Å². The molecule has 0 spiro atoms. The van der Waals surface area contributed by atoms with Gasteiger partial charge in [0.25, 0.3) is 0 Å². The van der Waals surface area contributed by atoms with E-state index in [2.05, 4.69) is 20.8 Å². The van der Waals surface area contributed by atoms with E-state index in [1.54, 1.807) is 0 Å². The van der Waals surface area contributed by atoms with E-state index in [4.69, 9.17) is 4.43 Å². The van der Waals surface area contributed by atoms with E-state index in [1.807, 2.05) is 0 Å². The molecule has 0 radical (unpaired) electrons. The maximum atomic E-state index is 6.34. The Morgan fingerprint density at radius 2 is 1.94 bits per heavy atom. The van der Waals surface area contributed by atoms with Crippen molar-refractivity contribution in [1.82, 2.24) is 0 Å². The van der Waals surface area contributed by atoms with Gasteiger partial charge in [-0.25, -0.2) is 0 Å². The van der Waals surface area contributed by atoms with Crippen LogP contribution in [0.3, 0.4) is 0 Å². The van der Waals surface area contributed by atoms with Gasteiger partial charge in [0.1, 0.15) is 0 Å². The highest BCUT2D eigenvalue weighted by Gasteiger charge is 2.41. The van der Waals surface area contributed by atoms with E-state index in [0.717, 1.165) is 12.1 Å². The SMILES string of the molecule is CCCCCC(CC)[Si]1(CC)CCCCO1. The first-order valence-electron chi connectivity index (χ1n) is 7.43. The zero-order valence-corrected chi connectivity index (χ0v) is 12.6. The molecule has 1 aliphatic heterocycles. The molecule has 16 heavy (non-hydrogen) atoms. The molecule has 0 aromatic heterocycles. The van der Waals surface area contributed by atoms with E-state index < -0.39 is 8.32 Å². The van der Waals surface area contributed by atoms with Crippen LogP contribution in [0.1, 0.15) is 65.7 Å². The van der Waals surface area contributed by atoms with Gasteiger partial charge >= 0.3 is 0 Å². The highest BCUT2D eigenvalue weighted by molar-refractivity contribution is 6.75. The molecule has 0 amide bonds. The minimum Gasteiger partial charge on any atom is -0.417 e. The van der Waals surface area contributed by atoms with Crippen LogP contribution in [-0.4, -0.2) is 14.9 Å². The lowest BCUT2D eigenvalue weighted by atomic mass is 10.1. The van der Waals surface area contributed by atoms with E-state index in [0.29, 0.717) is 0 Å². The predicted molar refractivity (Wildman–Crippen MR) is 74.4 cm³/mol. The molecule has 0 aromatic carbocycles. The molecule has 1 saturated heterocycles. The van der Waals surface area contributed by atoms with Crippen molar-refractivity contribution < 1.29 is 4.43 Å². The second-order valence-electron chi connectivity index (χ2n) is 5.32. The lowest BCUT2D eigenvalue weighted by Gasteiger charge is -2.40. The summed E-state index contributed by atoms with van der Waals surface area (Å²) in [6.45, 7) is 8.11. The predicted octanol–water partition coefficient (Wildman–Crippen LogP) is 5.12. The van der Waals surface area contributed by atoms with Gasteiger partial charge in [0, 0.05) is 6.61 Å². The smallest absolute Gasteiger partial charge is 0.195 e. The minimum atomic E-state index is -1.34. The Hall–Kier alpha value is 0.177. The molecule has 1 fully saturated rings. The summed E-state index contributed by atoms with van der Waals surface area (Å²) in [5, 5.41) is 0. The lowest BCUT2D eigenvalue weighted by Crippen LogP contribution is -2.45. The summed E-state index contributed by atoms with van der Waals surface area (Å²) >= 11 is 0. The van der Waals surface area contributed by atoms with Crippen LogP contribution in [0.25, 0.3) is 0 Å². The molecule has 1 rings (SSSR count). The van der Waals surface area contributed by atoms with Gasteiger partial charge < -0.3 is 4.43 Å². The standard InChI is InChI=1S/C14H30OSi/c1-4-7-8-11-14(5-2)16(6-3)13-10-9-12-15-16/h14H,4-13H2,1-3H3. The van der Waals surface area contributed by atoms with Crippen molar-refractivity contribution in [2.24, 2.45) is 0 Å². The molecule has 2 heteroatoms. The molecule has 2 atom stereocenters. The zero-order valence-electron chi connectivity index (χ0n) is 11.6. The largest absolute Gasteiger partial charge is 0.417 e. The molecule has 0 aromatic rings. The number of unbranched alkanes of at least 4 members (excludes halogenated alkanes) is 2. The molecule has 96 valence electrons. The first-order valence-corrected chi connectivity index (χ1v) is 9.83. The van der Waals surface area contributed by atoms with Crippen molar-refractivity contribution in [3.8, 4) is 0 Å². The maximum absolute atomic E-state index is 6.34. The Labute approximate surface area is 103 Å². The van der Waals surface area contributed by atoms with Crippen LogP contribution in [0.2, 0.25) is 17.6 Å². The summed E-state index contributed by atoms with van der Waals surface area (Å²) in [5.74, 6) is 0. The average Bonchev–Trinajstić information content (AvgIpc) is 2.35. The minimum absolute atomic E-state index is 0.935. The van der Waals surface area contributed by atoms with Crippen LogP contribution in [0, 0.1) is 0 Å². The molecule has 1 aliphatic rings. The van der Waals surface area contributed by atoms with Gasteiger partial charge in [0.15, 0.2) is 8.32 Å². The summed E-state index contributed by atoms with van der Waals surface area (Å²) < 4.78 is 6.34. The Kier molecular flexibility index (Phi) is 6.67. The molecular weight excluding hydrogens is 212 g/mol. The fraction of sp³-hybridized carbons (Fsp3) is 1.00. The van der Waals surface area contributed by atoms with E-state index >= 15 is 0 Å². The van der Waals surface area contributed by atoms with Crippen molar-refractivity contribution in [3.05, 3.63) is 0 Å². The Morgan fingerprint density at radius 1 is 1.12 bits per heavy atom. The van der Waals surface area contributed by atoms with Gasteiger partial charge in [-0.3, -0.25) is 0 Å². The third-order valence-corrected chi connectivity index (χ3v) is 9.74. The van der Waals surface area contributed by atoms with Crippen molar-refractivity contribution in [3.63, 3.8) is 0 Å². The molecular formula is C14H30OSi. The highest BCUT2D eigenvalue weighted by Crippen LogP contribution is 2.40.